The maximum Gasteiger partial charge on any atom is 0.284 e. The van der Waals surface area contributed by atoms with E-state index in [2.05, 4.69) is 4.99 Å². The van der Waals surface area contributed by atoms with Crippen molar-refractivity contribution in [3.8, 4) is 17.1 Å². The van der Waals surface area contributed by atoms with E-state index in [9.17, 15) is 19.3 Å². The van der Waals surface area contributed by atoms with Crippen molar-refractivity contribution < 1.29 is 23.3 Å². The van der Waals surface area contributed by atoms with Gasteiger partial charge in [0.15, 0.2) is 5.17 Å². The van der Waals surface area contributed by atoms with E-state index in [-0.39, 0.29) is 40.0 Å². The van der Waals surface area contributed by atoms with Gasteiger partial charge in [0, 0.05) is 5.41 Å². The van der Waals surface area contributed by atoms with Gasteiger partial charge in [0.25, 0.3) is 11.6 Å². The molecule has 0 saturated carbocycles. The number of rotatable bonds is 5. The number of carbonyl (C=O) groups excluding carboxylic acids is 1. The summed E-state index contributed by atoms with van der Waals surface area (Å²) in [5.41, 5.74) is 1.27. The zero-order chi connectivity index (χ0) is 24.7. The Morgan fingerprint density at radius 3 is 2.69 bits per heavy atom. The second-order valence-electron chi connectivity index (χ2n) is 7.41. The predicted molar refractivity (Wildman–Crippen MR) is 129 cm³/mol. The molecule has 9 nitrogen and oxygen atoms in total. The quantitative estimate of drug-likeness (QED) is 0.292. The van der Waals surface area contributed by atoms with Crippen LogP contribution < -0.4 is 4.74 Å². The fourth-order valence-corrected chi connectivity index (χ4v) is 4.53. The van der Waals surface area contributed by atoms with Crippen molar-refractivity contribution in [2.45, 2.75) is 0 Å². The standard InChI is InChI=1S/C24H15FN4O5S/c1-33-15-6-8-17(19(11-15)29(31)32)21-9-7-16(34-21)10-18-22(26)28-20(12-35-24(28)27-23(18)30)13-2-4-14(25)5-3-13/h2-12,26H,1H3/b18-10-,26-22?. The summed E-state index contributed by atoms with van der Waals surface area (Å²) in [5, 5.41) is 22.2. The van der Waals surface area contributed by atoms with Crippen LogP contribution in [0.3, 0.4) is 0 Å². The molecule has 2 aliphatic rings. The number of amides is 1. The first-order chi connectivity index (χ1) is 16.9. The number of carbonyl (C=O) groups is 1. The Hall–Kier alpha value is -4.51. The Morgan fingerprint density at radius 2 is 1.97 bits per heavy atom. The highest BCUT2D eigenvalue weighted by Crippen LogP contribution is 2.38. The number of nitro groups is 1. The highest BCUT2D eigenvalue weighted by molar-refractivity contribution is 8.17. The van der Waals surface area contributed by atoms with Gasteiger partial charge in [-0.15, -0.1) is 0 Å². The average Bonchev–Trinajstić information content (AvgIpc) is 3.49. The third-order valence-corrected chi connectivity index (χ3v) is 6.16. The van der Waals surface area contributed by atoms with E-state index in [1.165, 1.54) is 54.1 Å². The predicted octanol–water partition coefficient (Wildman–Crippen LogP) is 5.31. The molecule has 0 radical (unpaired) electrons. The average molecular weight is 490 g/mol. The summed E-state index contributed by atoms with van der Waals surface area (Å²) in [5.74, 6) is -0.350. The zero-order valence-electron chi connectivity index (χ0n) is 18.0. The Morgan fingerprint density at radius 1 is 1.20 bits per heavy atom. The first-order valence-corrected chi connectivity index (χ1v) is 11.0. The molecule has 1 aromatic heterocycles. The fraction of sp³-hybridized carbons (Fsp3) is 0.0417. The number of hydrogen-bond acceptors (Lipinski definition) is 7. The first kappa shape index (κ1) is 22.3. The molecule has 0 aliphatic carbocycles. The number of hydrogen-bond donors (Lipinski definition) is 1. The third-order valence-electron chi connectivity index (χ3n) is 5.33. The number of thioether (sulfide) groups is 1. The van der Waals surface area contributed by atoms with Crippen molar-refractivity contribution in [2.75, 3.05) is 7.11 Å². The molecule has 11 heteroatoms. The van der Waals surface area contributed by atoms with Crippen LogP contribution in [0.4, 0.5) is 10.1 Å². The minimum atomic E-state index is -0.615. The minimum absolute atomic E-state index is 0.0191. The van der Waals surface area contributed by atoms with E-state index in [1.54, 1.807) is 35.7 Å². The topological polar surface area (TPSA) is 122 Å². The molecule has 2 aromatic carbocycles. The number of methoxy groups -OCH3 is 1. The summed E-state index contributed by atoms with van der Waals surface area (Å²) in [4.78, 5) is 29.2. The molecule has 1 amide bonds. The highest BCUT2D eigenvalue weighted by Gasteiger charge is 2.36. The second-order valence-corrected chi connectivity index (χ2v) is 8.25. The molecule has 0 bridgehead atoms. The molecule has 2 aliphatic heterocycles. The molecular weight excluding hydrogens is 475 g/mol. The normalized spacial score (nSPS) is 16.3. The second kappa shape index (κ2) is 8.69. The van der Waals surface area contributed by atoms with Crippen molar-refractivity contribution in [1.82, 2.24) is 4.90 Å². The fourth-order valence-electron chi connectivity index (χ4n) is 3.64. The van der Waals surface area contributed by atoms with Crippen LogP contribution in [0.25, 0.3) is 23.1 Å². The molecule has 3 aromatic rings. The van der Waals surface area contributed by atoms with Gasteiger partial charge in [-0.25, -0.2) is 4.39 Å². The van der Waals surface area contributed by atoms with E-state index in [4.69, 9.17) is 14.6 Å². The largest absolute Gasteiger partial charge is 0.497 e. The lowest BCUT2D eigenvalue weighted by molar-refractivity contribution is -0.384. The Kier molecular flexibility index (Phi) is 5.53. The summed E-state index contributed by atoms with van der Waals surface area (Å²) >= 11 is 1.19. The Labute approximate surface area is 201 Å². The van der Waals surface area contributed by atoms with Crippen LogP contribution in [0.1, 0.15) is 11.3 Å². The van der Waals surface area contributed by atoms with Gasteiger partial charge in [-0.1, -0.05) is 11.8 Å². The van der Waals surface area contributed by atoms with Crippen LogP contribution >= 0.6 is 11.8 Å². The molecule has 0 fully saturated rings. The smallest absolute Gasteiger partial charge is 0.284 e. The van der Waals surface area contributed by atoms with Gasteiger partial charge in [-0.3, -0.25) is 25.2 Å². The number of nitrogens with zero attached hydrogens (tertiary/aromatic N) is 3. The van der Waals surface area contributed by atoms with E-state index >= 15 is 0 Å². The number of furan rings is 1. The van der Waals surface area contributed by atoms with Crippen LogP contribution in [0.2, 0.25) is 0 Å². The lowest BCUT2D eigenvalue weighted by atomic mass is 10.1. The molecule has 5 rings (SSSR count). The highest BCUT2D eigenvalue weighted by atomic mass is 32.2. The van der Waals surface area contributed by atoms with Crippen molar-refractivity contribution in [1.29, 1.82) is 5.41 Å². The summed E-state index contributed by atoms with van der Waals surface area (Å²) in [7, 11) is 1.41. The number of ether oxygens (including phenoxy) is 1. The molecule has 35 heavy (non-hydrogen) atoms. The van der Waals surface area contributed by atoms with Crippen LogP contribution in [0.5, 0.6) is 5.75 Å². The van der Waals surface area contributed by atoms with Gasteiger partial charge >= 0.3 is 0 Å². The number of nitro benzene ring substituents is 1. The van der Waals surface area contributed by atoms with Gasteiger partial charge in [-0.2, -0.15) is 4.99 Å². The lowest BCUT2D eigenvalue weighted by Gasteiger charge is -2.26. The van der Waals surface area contributed by atoms with Gasteiger partial charge in [0.2, 0.25) is 0 Å². The summed E-state index contributed by atoms with van der Waals surface area (Å²) in [6, 6.07) is 13.3. The summed E-state index contributed by atoms with van der Waals surface area (Å²) in [6.45, 7) is 0. The SMILES string of the molecule is COc1ccc(-c2ccc(/C=C3/C(=N)N4C(c5ccc(F)cc5)=CSC4=NC3=O)o2)c([N+](=O)[O-])c1. The van der Waals surface area contributed by atoms with E-state index in [0.29, 0.717) is 22.2 Å². The molecule has 1 N–H and O–H groups in total. The molecule has 0 atom stereocenters. The number of amidine groups is 2. The van der Waals surface area contributed by atoms with E-state index < -0.39 is 10.8 Å². The maximum atomic E-state index is 13.4. The number of fused-ring (bicyclic) bond motifs is 1. The monoisotopic (exact) mass is 490 g/mol. The number of benzene rings is 2. The molecule has 3 heterocycles. The first-order valence-electron chi connectivity index (χ1n) is 10.1. The van der Waals surface area contributed by atoms with Crippen molar-refractivity contribution in [3.63, 3.8) is 0 Å². The molecule has 174 valence electrons. The van der Waals surface area contributed by atoms with Crippen LogP contribution in [-0.2, 0) is 4.79 Å². The Bertz CT molecular complexity index is 1490. The third kappa shape index (κ3) is 4.02. The summed E-state index contributed by atoms with van der Waals surface area (Å²) in [6.07, 6.45) is 1.37. The molecule has 0 unspecified atom stereocenters. The van der Waals surface area contributed by atoms with Crippen LogP contribution in [-0.4, -0.2) is 33.8 Å². The van der Waals surface area contributed by atoms with Crippen LogP contribution in [0, 0.1) is 21.3 Å². The van der Waals surface area contributed by atoms with Crippen molar-refractivity contribution in [2.24, 2.45) is 4.99 Å². The van der Waals surface area contributed by atoms with Gasteiger partial charge in [-0.05, 0) is 60.2 Å². The molecular formula is C24H15FN4O5S. The van der Waals surface area contributed by atoms with Crippen molar-refractivity contribution in [3.05, 3.63) is 92.8 Å². The molecule has 0 spiro atoms. The number of nitrogens with one attached hydrogen (secondary N) is 1. The minimum Gasteiger partial charge on any atom is -0.497 e. The van der Waals surface area contributed by atoms with Crippen LogP contribution in [0.15, 0.2) is 75.0 Å². The molecule has 0 saturated heterocycles. The Balaban J connectivity index is 1.48. The van der Waals surface area contributed by atoms with Gasteiger partial charge in [0.1, 0.15) is 28.9 Å². The summed E-state index contributed by atoms with van der Waals surface area (Å²) < 4.78 is 24.2. The van der Waals surface area contributed by atoms with Gasteiger partial charge in [0.05, 0.1) is 34.9 Å². The van der Waals surface area contributed by atoms with E-state index in [1.807, 2.05) is 0 Å². The number of halogens is 1. The van der Waals surface area contributed by atoms with E-state index in [0.717, 1.165) is 0 Å². The maximum absolute atomic E-state index is 13.4. The lowest BCUT2D eigenvalue weighted by Crippen LogP contribution is -2.38. The number of aliphatic imine (C=N–C) groups is 1. The van der Waals surface area contributed by atoms with Crippen molar-refractivity contribution >= 4 is 46.1 Å². The van der Waals surface area contributed by atoms with Gasteiger partial charge < -0.3 is 9.15 Å². The zero-order valence-corrected chi connectivity index (χ0v) is 18.8.